The first-order valence-corrected chi connectivity index (χ1v) is 8.64. The van der Waals surface area contributed by atoms with Crippen molar-refractivity contribution in [3.05, 3.63) is 54.4 Å². The van der Waals surface area contributed by atoms with Crippen LogP contribution in [0.15, 0.2) is 48.8 Å². The van der Waals surface area contributed by atoms with E-state index in [1.165, 1.54) is 0 Å². The highest BCUT2D eigenvalue weighted by molar-refractivity contribution is 5.94. The summed E-state index contributed by atoms with van der Waals surface area (Å²) in [5.74, 6) is -0.0249. The number of amides is 1. The molecular weight excluding hydrogens is 302 g/mol. The standard InChI is InChI=1S/C19H25N3O2/c23-18-8-14-21(15-9-18)11-3-10-20-19(24)16-4-6-17(7-5-16)22-12-1-2-13-22/h1-2,4-7,12-13,18,23H,3,8-11,14-15H2,(H,20,24). The number of likely N-dealkylation sites (tertiary alicyclic amines) is 1. The van der Waals surface area contributed by atoms with E-state index < -0.39 is 0 Å². The number of nitrogens with one attached hydrogen (secondary N) is 1. The molecule has 2 N–H and O–H groups in total. The van der Waals surface area contributed by atoms with Crippen LogP contribution in [0.1, 0.15) is 29.6 Å². The Balaban J connectivity index is 1.40. The van der Waals surface area contributed by atoms with Gasteiger partial charge in [-0.1, -0.05) is 0 Å². The first-order valence-electron chi connectivity index (χ1n) is 8.64. The zero-order valence-electron chi connectivity index (χ0n) is 13.9. The monoisotopic (exact) mass is 327 g/mol. The number of benzene rings is 1. The molecule has 0 saturated carbocycles. The van der Waals surface area contributed by atoms with E-state index in [9.17, 15) is 9.90 Å². The summed E-state index contributed by atoms with van der Waals surface area (Å²) in [6.45, 7) is 3.56. The van der Waals surface area contributed by atoms with Gasteiger partial charge in [0.25, 0.3) is 5.91 Å². The van der Waals surface area contributed by atoms with Crippen LogP contribution in [0.2, 0.25) is 0 Å². The van der Waals surface area contributed by atoms with E-state index >= 15 is 0 Å². The number of piperidine rings is 1. The first-order chi connectivity index (χ1) is 11.7. The highest BCUT2D eigenvalue weighted by Crippen LogP contribution is 2.11. The second-order valence-electron chi connectivity index (χ2n) is 6.32. The predicted octanol–water partition coefficient (Wildman–Crippen LogP) is 2.05. The van der Waals surface area contributed by atoms with Gasteiger partial charge in [0.05, 0.1) is 6.10 Å². The minimum absolute atomic E-state index is 0.0249. The van der Waals surface area contributed by atoms with Crippen molar-refractivity contribution in [1.29, 1.82) is 0 Å². The quantitative estimate of drug-likeness (QED) is 0.799. The Morgan fingerprint density at radius 1 is 1.12 bits per heavy atom. The van der Waals surface area contributed by atoms with Crippen molar-refractivity contribution in [2.45, 2.75) is 25.4 Å². The van der Waals surface area contributed by atoms with Crippen LogP contribution >= 0.6 is 0 Å². The van der Waals surface area contributed by atoms with Gasteiger partial charge < -0.3 is 19.9 Å². The van der Waals surface area contributed by atoms with Crippen molar-refractivity contribution in [1.82, 2.24) is 14.8 Å². The maximum Gasteiger partial charge on any atom is 0.251 e. The fourth-order valence-corrected chi connectivity index (χ4v) is 3.04. The Bertz CT molecular complexity index is 629. The molecule has 2 heterocycles. The Hall–Kier alpha value is -2.11. The minimum Gasteiger partial charge on any atom is -0.393 e. The molecule has 2 aromatic rings. The number of nitrogens with zero attached hydrogens (tertiary/aromatic N) is 2. The van der Waals surface area contributed by atoms with E-state index in [2.05, 4.69) is 10.2 Å². The van der Waals surface area contributed by atoms with E-state index in [0.29, 0.717) is 12.1 Å². The second-order valence-corrected chi connectivity index (χ2v) is 6.32. The molecule has 0 spiro atoms. The van der Waals surface area contributed by atoms with Gasteiger partial charge in [-0.2, -0.15) is 0 Å². The topological polar surface area (TPSA) is 57.5 Å². The fraction of sp³-hybridized carbons (Fsp3) is 0.421. The van der Waals surface area contributed by atoms with Crippen molar-refractivity contribution in [3.63, 3.8) is 0 Å². The number of aliphatic hydroxyl groups excluding tert-OH is 1. The molecule has 1 amide bonds. The van der Waals surface area contributed by atoms with Crippen molar-refractivity contribution in [2.75, 3.05) is 26.2 Å². The van der Waals surface area contributed by atoms with Gasteiger partial charge in [0.15, 0.2) is 0 Å². The molecule has 5 heteroatoms. The Labute approximate surface area is 142 Å². The summed E-state index contributed by atoms with van der Waals surface area (Å²) in [5.41, 5.74) is 1.73. The van der Waals surface area contributed by atoms with Crippen LogP contribution in [-0.4, -0.2) is 52.8 Å². The molecule has 1 aromatic heterocycles. The molecule has 0 aliphatic carbocycles. The lowest BCUT2D eigenvalue weighted by atomic mass is 10.1. The lowest BCUT2D eigenvalue weighted by Crippen LogP contribution is -2.37. The summed E-state index contributed by atoms with van der Waals surface area (Å²) in [6, 6.07) is 11.6. The number of hydrogen-bond acceptors (Lipinski definition) is 3. The average Bonchev–Trinajstić information content (AvgIpc) is 3.15. The van der Waals surface area contributed by atoms with E-state index in [-0.39, 0.29) is 12.0 Å². The van der Waals surface area contributed by atoms with E-state index in [0.717, 1.165) is 44.6 Å². The van der Waals surface area contributed by atoms with Crippen LogP contribution < -0.4 is 5.32 Å². The number of aliphatic hydroxyl groups is 1. The fourth-order valence-electron chi connectivity index (χ4n) is 3.04. The molecular formula is C19H25N3O2. The van der Waals surface area contributed by atoms with Crippen LogP contribution in [0.5, 0.6) is 0 Å². The number of carbonyl (C=O) groups is 1. The van der Waals surface area contributed by atoms with Gasteiger partial charge in [-0.25, -0.2) is 0 Å². The predicted molar refractivity (Wildman–Crippen MR) is 94.4 cm³/mol. The van der Waals surface area contributed by atoms with E-state index in [4.69, 9.17) is 0 Å². The molecule has 5 nitrogen and oxygen atoms in total. The van der Waals surface area contributed by atoms with Gasteiger partial charge in [-0.15, -0.1) is 0 Å². The molecule has 1 saturated heterocycles. The minimum atomic E-state index is -0.129. The molecule has 0 radical (unpaired) electrons. The molecule has 1 aromatic carbocycles. The van der Waals surface area contributed by atoms with Crippen molar-refractivity contribution in [2.24, 2.45) is 0 Å². The molecule has 0 atom stereocenters. The average molecular weight is 327 g/mol. The highest BCUT2D eigenvalue weighted by atomic mass is 16.3. The van der Waals surface area contributed by atoms with Gasteiger partial charge in [0.2, 0.25) is 0 Å². The molecule has 1 aliphatic rings. The van der Waals surface area contributed by atoms with Crippen LogP contribution in [-0.2, 0) is 0 Å². The summed E-state index contributed by atoms with van der Waals surface area (Å²) in [5, 5.41) is 12.5. The lowest BCUT2D eigenvalue weighted by molar-refractivity contribution is 0.0816. The van der Waals surface area contributed by atoms with E-state index in [1.807, 2.05) is 53.4 Å². The highest BCUT2D eigenvalue weighted by Gasteiger charge is 2.16. The smallest absolute Gasteiger partial charge is 0.251 e. The van der Waals surface area contributed by atoms with Crippen LogP contribution in [0.4, 0.5) is 0 Å². The number of aromatic nitrogens is 1. The van der Waals surface area contributed by atoms with Crippen LogP contribution in [0.25, 0.3) is 5.69 Å². The zero-order valence-corrected chi connectivity index (χ0v) is 13.9. The maximum atomic E-state index is 12.2. The summed E-state index contributed by atoms with van der Waals surface area (Å²) in [4.78, 5) is 14.5. The van der Waals surface area contributed by atoms with Gasteiger partial charge in [-0.3, -0.25) is 4.79 Å². The number of rotatable bonds is 6. The molecule has 1 fully saturated rings. The number of hydrogen-bond donors (Lipinski definition) is 2. The van der Waals surface area contributed by atoms with Crippen LogP contribution in [0, 0.1) is 0 Å². The van der Waals surface area contributed by atoms with Crippen LogP contribution in [0.3, 0.4) is 0 Å². The summed E-state index contributed by atoms with van der Waals surface area (Å²) < 4.78 is 2.01. The van der Waals surface area contributed by atoms with Gasteiger partial charge in [-0.05, 0) is 62.2 Å². The zero-order chi connectivity index (χ0) is 16.8. The third kappa shape index (κ3) is 4.46. The maximum absolute atomic E-state index is 12.2. The third-order valence-corrected chi connectivity index (χ3v) is 4.53. The summed E-state index contributed by atoms with van der Waals surface area (Å²) >= 11 is 0. The van der Waals surface area contributed by atoms with Crippen molar-refractivity contribution in [3.8, 4) is 5.69 Å². The molecule has 24 heavy (non-hydrogen) atoms. The molecule has 3 rings (SSSR count). The van der Waals surface area contributed by atoms with Gasteiger partial charge in [0, 0.05) is 43.3 Å². The first kappa shape index (κ1) is 16.7. The molecule has 1 aliphatic heterocycles. The summed E-state index contributed by atoms with van der Waals surface area (Å²) in [7, 11) is 0. The largest absolute Gasteiger partial charge is 0.393 e. The van der Waals surface area contributed by atoms with Gasteiger partial charge in [0.1, 0.15) is 0 Å². The molecule has 0 unspecified atom stereocenters. The lowest BCUT2D eigenvalue weighted by Gasteiger charge is -2.29. The third-order valence-electron chi connectivity index (χ3n) is 4.53. The SMILES string of the molecule is O=C(NCCCN1CCC(O)CC1)c1ccc(-n2cccc2)cc1. The normalized spacial score (nSPS) is 16.2. The number of carbonyl (C=O) groups excluding carboxylic acids is 1. The Kier molecular flexibility index (Phi) is 5.67. The van der Waals surface area contributed by atoms with E-state index in [1.54, 1.807) is 0 Å². The van der Waals surface area contributed by atoms with Crippen molar-refractivity contribution < 1.29 is 9.90 Å². The van der Waals surface area contributed by atoms with Gasteiger partial charge >= 0.3 is 0 Å². The molecule has 128 valence electrons. The second kappa shape index (κ2) is 8.13. The van der Waals surface area contributed by atoms with Crippen molar-refractivity contribution >= 4 is 5.91 Å². The summed E-state index contributed by atoms with van der Waals surface area (Å²) in [6.07, 6.45) is 6.49. The molecule has 0 bridgehead atoms. The Morgan fingerprint density at radius 3 is 2.46 bits per heavy atom. The Morgan fingerprint density at radius 2 is 1.79 bits per heavy atom.